The second-order valence-corrected chi connectivity index (χ2v) is 9.38. The van der Waals surface area contributed by atoms with Crippen molar-refractivity contribution >= 4 is 40.8 Å². The lowest BCUT2D eigenvalue weighted by Crippen LogP contribution is -1.92. The normalized spacial score (nSPS) is 11.3. The maximum absolute atomic E-state index is 11.4. The average molecular weight is 489 g/mol. The van der Waals surface area contributed by atoms with E-state index < -0.39 is 0 Å². The van der Waals surface area contributed by atoms with Crippen molar-refractivity contribution in [1.29, 1.82) is 0 Å². The van der Waals surface area contributed by atoms with Crippen LogP contribution in [0.1, 0.15) is 81.6 Å². The van der Waals surface area contributed by atoms with Crippen molar-refractivity contribution in [1.82, 2.24) is 9.97 Å². The Morgan fingerprint density at radius 3 is 2.48 bits per heavy atom. The van der Waals surface area contributed by atoms with Crippen molar-refractivity contribution in [2.24, 2.45) is 0 Å². The number of fused-ring (bicyclic) bond motifs is 1. The lowest BCUT2D eigenvalue weighted by Gasteiger charge is -2.07. The first-order valence-corrected chi connectivity index (χ1v) is 13.0. The molecule has 5 nitrogen and oxygen atoms in total. The van der Waals surface area contributed by atoms with Crippen LogP contribution >= 0.6 is 23.6 Å². The first kappa shape index (κ1) is 25.8. The third-order valence-electron chi connectivity index (χ3n) is 5.68. The number of aromatic nitrogens is 2. The fourth-order valence-electron chi connectivity index (χ4n) is 3.86. The molecule has 0 spiro atoms. The van der Waals surface area contributed by atoms with Crippen LogP contribution in [0.15, 0.2) is 41.4 Å². The van der Waals surface area contributed by atoms with Gasteiger partial charge in [-0.2, -0.15) is 4.33 Å². The minimum absolute atomic E-state index is 0.459. The monoisotopic (exact) mass is 488 g/mol. The van der Waals surface area contributed by atoms with E-state index in [2.05, 4.69) is 16.9 Å². The quantitative estimate of drug-likeness (QED) is 0.0718. The molecule has 0 atom stereocenters. The van der Waals surface area contributed by atoms with Crippen LogP contribution in [0, 0.1) is 0 Å². The number of aromatic amines is 1. The summed E-state index contributed by atoms with van der Waals surface area (Å²) in [7, 11) is 0. The number of aldehydes is 1. The van der Waals surface area contributed by atoms with Gasteiger partial charge in [0, 0.05) is 11.6 Å². The molecule has 7 heteroatoms. The topological polar surface area (TPSA) is 64.2 Å². The number of nitrogens with zero attached hydrogens (tertiary/aromatic N) is 1. The Morgan fingerprint density at radius 2 is 1.76 bits per heavy atom. The van der Waals surface area contributed by atoms with Gasteiger partial charge in [0.05, 0.1) is 39.8 Å². The second-order valence-electron chi connectivity index (χ2n) is 8.23. The summed E-state index contributed by atoms with van der Waals surface area (Å²) in [4.78, 5) is 25.0. The number of H-pyrrole nitrogens is 1. The van der Waals surface area contributed by atoms with Gasteiger partial charge in [-0.1, -0.05) is 82.4 Å². The number of hydrogen-bond acceptors (Lipinski definition) is 5. The van der Waals surface area contributed by atoms with Crippen molar-refractivity contribution in [3.05, 3.63) is 47.2 Å². The first-order chi connectivity index (χ1) is 16.2. The molecule has 0 aliphatic rings. The van der Waals surface area contributed by atoms with Crippen molar-refractivity contribution in [2.45, 2.75) is 76.0 Å². The van der Waals surface area contributed by atoms with Crippen LogP contribution in [0.5, 0.6) is 0 Å². The van der Waals surface area contributed by atoms with Gasteiger partial charge >= 0.3 is 0 Å². The van der Waals surface area contributed by atoms with Crippen LogP contribution in [-0.4, -0.2) is 22.9 Å². The summed E-state index contributed by atoms with van der Waals surface area (Å²) >= 11 is 7.45. The smallest absolute Gasteiger partial charge is 0.168 e. The second kappa shape index (κ2) is 14.4. The van der Waals surface area contributed by atoms with E-state index in [1.165, 1.54) is 51.4 Å². The largest absolute Gasteiger partial charge is 0.350 e. The third-order valence-corrected chi connectivity index (χ3v) is 6.81. The number of unbranched alkanes of at least 4 members (excludes halogenated alkanes) is 9. The molecule has 2 aromatic heterocycles. The number of carbonyl (C=O) groups is 1. The van der Waals surface area contributed by atoms with Gasteiger partial charge in [-0.15, -0.1) is 0 Å². The van der Waals surface area contributed by atoms with Gasteiger partial charge in [-0.25, -0.2) is 4.89 Å². The number of hydrogen-bond donors (Lipinski definition) is 1. The van der Waals surface area contributed by atoms with Crippen LogP contribution in [0.25, 0.3) is 22.2 Å². The van der Waals surface area contributed by atoms with E-state index >= 15 is 0 Å². The molecule has 0 fully saturated rings. The van der Waals surface area contributed by atoms with E-state index in [4.69, 9.17) is 20.8 Å². The highest BCUT2D eigenvalue weighted by atomic mass is 35.5. The van der Waals surface area contributed by atoms with Gasteiger partial charge in [0.25, 0.3) is 0 Å². The maximum Gasteiger partial charge on any atom is 0.168 e. The SMILES string of the molecule is CCCCCCCCCCCCOOSc1cc(-c2[nH]c(C=O)c3ncccc23)ccc1Cl. The molecule has 0 aliphatic heterocycles. The molecule has 3 aromatic rings. The van der Waals surface area contributed by atoms with E-state index in [1.54, 1.807) is 6.20 Å². The fraction of sp³-hybridized carbons (Fsp3) is 0.462. The summed E-state index contributed by atoms with van der Waals surface area (Å²) in [6, 6.07) is 9.43. The molecule has 178 valence electrons. The van der Waals surface area contributed by atoms with E-state index in [9.17, 15) is 4.79 Å². The fourth-order valence-corrected chi connectivity index (χ4v) is 4.59. The highest BCUT2D eigenvalue weighted by Crippen LogP contribution is 2.35. The molecule has 33 heavy (non-hydrogen) atoms. The number of rotatable bonds is 16. The van der Waals surface area contributed by atoms with Crippen LogP contribution in [0.3, 0.4) is 0 Å². The van der Waals surface area contributed by atoms with Crippen molar-refractivity contribution in [2.75, 3.05) is 6.61 Å². The standard InChI is InChI=1S/C26H33ClN2O3S/c1-2-3-4-5-6-7-8-9-10-11-17-31-32-33-24-18-20(14-15-22(24)27)25-21-13-12-16-28-26(21)23(19-30)29-25/h12-16,18-19,29H,2-11,17H2,1H3. The molecule has 0 bridgehead atoms. The maximum atomic E-state index is 11.4. The number of carbonyl (C=O) groups excluding carboxylic acids is 1. The minimum atomic E-state index is 0.459. The van der Waals surface area contributed by atoms with Gasteiger partial charge < -0.3 is 4.98 Å². The molecule has 0 saturated carbocycles. The van der Waals surface area contributed by atoms with Crippen molar-refractivity contribution in [3.63, 3.8) is 0 Å². The molecule has 0 amide bonds. The zero-order valence-electron chi connectivity index (χ0n) is 19.3. The predicted octanol–water partition coefficient (Wildman–Crippen LogP) is 8.57. The summed E-state index contributed by atoms with van der Waals surface area (Å²) in [6.07, 6.45) is 15.3. The van der Waals surface area contributed by atoms with Gasteiger partial charge in [0.1, 0.15) is 5.69 Å². The molecule has 0 unspecified atom stereocenters. The molecule has 1 aromatic carbocycles. The molecule has 3 rings (SSSR count). The Morgan fingerprint density at radius 1 is 1.03 bits per heavy atom. The summed E-state index contributed by atoms with van der Waals surface area (Å²) in [5.74, 6) is 0. The van der Waals surface area contributed by atoms with Crippen molar-refractivity contribution < 1.29 is 14.0 Å². The molecule has 1 N–H and O–H groups in total. The number of halogens is 1. The summed E-state index contributed by atoms with van der Waals surface area (Å²) in [5, 5.41) is 1.46. The molecule has 2 heterocycles. The average Bonchev–Trinajstić information content (AvgIpc) is 3.22. The van der Waals surface area contributed by atoms with E-state index in [0.717, 1.165) is 52.7 Å². The Balaban J connectivity index is 1.41. The highest BCUT2D eigenvalue weighted by molar-refractivity contribution is 7.94. The summed E-state index contributed by atoms with van der Waals surface area (Å²) < 4.78 is 5.34. The zero-order valence-corrected chi connectivity index (χ0v) is 20.9. The molecular formula is C26H33ClN2O3S. The Hall–Kier alpha value is -1.86. The van der Waals surface area contributed by atoms with Crippen molar-refractivity contribution in [3.8, 4) is 11.3 Å². The summed E-state index contributed by atoms with van der Waals surface area (Å²) in [6.45, 7) is 2.82. The van der Waals surface area contributed by atoms with Gasteiger partial charge in [0.15, 0.2) is 6.29 Å². The zero-order chi connectivity index (χ0) is 23.3. The lowest BCUT2D eigenvalue weighted by atomic mass is 10.1. The molecule has 0 aliphatic carbocycles. The lowest BCUT2D eigenvalue weighted by molar-refractivity contribution is -0.191. The summed E-state index contributed by atoms with van der Waals surface area (Å²) in [5.41, 5.74) is 2.83. The number of nitrogens with one attached hydrogen (secondary N) is 1. The van der Waals surface area contributed by atoms with Gasteiger partial charge in [0.2, 0.25) is 0 Å². The highest BCUT2D eigenvalue weighted by Gasteiger charge is 2.14. The number of pyridine rings is 1. The molecular weight excluding hydrogens is 456 g/mol. The first-order valence-electron chi connectivity index (χ1n) is 11.9. The Labute approximate surface area is 205 Å². The third kappa shape index (κ3) is 7.85. The van der Waals surface area contributed by atoms with E-state index in [-0.39, 0.29) is 0 Å². The predicted molar refractivity (Wildman–Crippen MR) is 137 cm³/mol. The van der Waals surface area contributed by atoms with Gasteiger partial charge in [-0.05, 0) is 36.2 Å². The van der Waals surface area contributed by atoms with E-state index in [1.807, 2.05) is 30.3 Å². The van der Waals surface area contributed by atoms with Gasteiger partial charge in [-0.3, -0.25) is 9.78 Å². The van der Waals surface area contributed by atoms with Crippen LogP contribution in [0.4, 0.5) is 0 Å². The Kier molecular flexibility index (Phi) is 11.2. The number of benzene rings is 1. The molecule has 0 saturated heterocycles. The van der Waals surface area contributed by atoms with Crippen LogP contribution < -0.4 is 0 Å². The Bertz CT molecular complexity index is 1010. The van der Waals surface area contributed by atoms with E-state index in [0.29, 0.717) is 22.8 Å². The van der Waals surface area contributed by atoms with Crippen LogP contribution in [-0.2, 0) is 9.22 Å². The van der Waals surface area contributed by atoms with Crippen LogP contribution in [0.2, 0.25) is 5.02 Å². The minimum Gasteiger partial charge on any atom is -0.350 e. The molecule has 0 radical (unpaired) electrons.